The van der Waals surface area contributed by atoms with Crippen LogP contribution in [0.25, 0.3) is 0 Å². The van der Waals surface area contributed by atoms with Gasteiger partial charge in [0.05, 0.1) is 19.3 Å². The number of benzene rings is 1. The molecule has 24 heavy (non-hydrogen) atoms. The monoisotopic (exact) mass is 326 g/mol. The van der Waals surface area contributed by atoms with Gasteiger partial charge in [-0.1, -0.05) is 36.4 Å². The van der Waals surface area contributed by atoms with Crippen LogP contribution in [0, 0.1) is 0 Å². The molecule has 1 aliphatic heterocycles. The molecule has 6 heteroatoms. The maximum atomic E-state index is 12.3. The molecule has 1 aromatic carbocycles. The number of pyridine rings is 1. The predicted molar refractivity (Wildman–Crippen MR) is 92.8 cm³/mol. The maximum Gasteiger partial charge on any atom is 0.320 e. The number of anilines is 1. The van der Waals surface area contributed by atoms with Crippen molar-refractivity contribution in [1.82, 2.24) is 15.2 Å². The molecular weight excluding hydrogens is 304 g/mol. The third-order valence-electron chi connectivity index (χ3n) is 3.96. The third kappa shape index (κ3) is 4.78. The van der Waals surface area contributed by atoms with E-state index in [0.717, 1.165) is 38.4 Å². The zero-order valence-corrected chi connectivity index (χ0v) is 13.5. The minimum absolute atomic E-state index is 0.0898. The summed E-state index contributed by atoms with van der Waals surface area (Å²) in [7, 11) is 0. The Hall–Kier alpha value is -2.44. The average Bonchev–Trinajstić information content (AvgIpc) is 2.63. The lowest BCUT2D eigenvalue weighted by Crippen LogP contribution is -2.44. The SMILES string of the molecule is O=C(Nc1ccccn1)N[C@H](CN1CCOCC1)c1ccccc1. The number of amides is 2. The van der Waals surface area contributed by atoms with Crippen LogP contribution in [0.4, 0.5) is 10.6 Å². The molecule has 1 fully saturated rings. The highest BCUT2D eigenvalue weighted by Crippen LogP contribution is 2.15. The Balaban J connectivity index is 1.66. The van der Waals surface area contributed by atoms with Crippen molar-refractivity contribution < 1.29 is 9.53 Å². The molecule has 2 N–H and O–H groups in total. The standard InChI is InChI=1S/C18H22N4O2/c23-18(21-17-8-4-5-9-19-17)20-16(15-6-2-1-3-7-15)14-22-10-12-24-13-11-22/h1-9,16H,10-14H2,(H2,19,20,21,23)/t16-/m1/s1. The Labute approximate surface area is 141 Å². The lowest BCUT2D eigenvalue weighted by Gasteiger charge is -2.31. The Bertz CT molecular complexity index is 630. The molecule has 0 bridgehead atoms. The number of ether oxygens (including phenoxy) is 1. The summed E-state index contributed by atoms with van der Waals surface area (Å²) in [5.41, 5.74) is 1.08. The number of hydrogen-bond acceptors (Lipinski definition) is 4. The number of aromatic nitrogens is 1. The van der Waals surface area contributed by atoms with Crippen LogP contribution in [0.1, 0.15) is 11.6 Å². The van der Waals surface area contributed by atoms with Crippen LogP contribution < -0.4 is 10.6 Å². The highest BCUT2D eigenvalue weighted by molar-refractivity contribution is 5.88. The molecule has 1 aliphatic rings. The van der Waals surface area contributed by atoms with Gasteiger partial charge in [0, 0.05) is 25.8 Å². The predicted octanol–water partition coefficient (Wildman–Crippen LogP) is 2.28. The molecule has 1 aromatic heterocycles. The van der Waals surface area contributed by atoms with Gasteiger partial charge in [0.2, 0.25) is 0 Å². The van der Waals surface area contributed by atoms with Crippen LogP contribution in [-0.2, 0) is 4.74 Å². The summed E-state index contributed by atoms with van der Waals surface area (Å²) in [6.07, 6.45) is 1.65. The van der Waals surface area contributed by atoms with E-state index in [1.54, 1.807) is 12.3 Å². The quantitative estimate of drug-likeness (QED) is 0.885. The van der Waals surface area contributed by atoms with E-state index < -0.39 is 0 Å². The van der Waals surface area contributed by atoms with Crippen LogP contribution in [0.3, 0.4) is 0 Å². The first kappa shape index (κ1) is 16.4. The molecule has 2 amide bonds. The molecule has 1 atom stereocenters. The first-order valence-corrected chi connectivity index (χ1v) is 8.15. The normalized spacial score (nSPS) is 16.3. The molecule has 0 spiro atoms. The van der Waals surface area contributed by atoms with Crippen molar-refractivity contribution in [3.8, 4) is 0 Å². The fourth-order valence-corrected chi connectivity index (χ4v) is 2.71. The van der Waals surface area contributed by atoms with Gasteiger partial charge >= 0.3 is 6.03 Å². The molecule has 0 radical (unpaired) electrons. The van der Waals surface area contributed by atoms with E-state index >= 15 is 0 Å². The molecule has 2 heterocycles. The van der Waals surface area contributed by atoms with E-state index in [9.17, 15) is 4.79 Å². The fourth-order valence-electron chi connectivity index (χ4n) is 2.71. The summed E-state index contributed by atoms with van der Waals surface area (Å²) in [6.45, 7) is 3.99. The largest absolute Gasteiger partial charge is 0.379 e. The summed E-state index contributed by atoms with van der Waals surface area (Å²) < 4.78 is 5.40. The molecule has 0 saturated carbocycles. The summed E-state index contributed by atoms with van der Waals surface area (Å²) in [5.74, 6) is 0.535. The summed E-state index contributed by atoms with van der Waals surface area (Å²) in [4.78, 5) is 18.8. The second-order valence-corrected chi connectivity index (χ2v) is 5.69. The molecule has 0 aliphatic carbocycles. The van der Waals surface area contributed by atoms with Crippen LogP contribution in [0.5, 0.6) is 0 Å². The van der Waals surface area contributed by atoms with Gasteiger partial charge in [-0.15, -0.1) is 0 Å². The molecule has 126 valence electrons. The topological polar surface area (TPSA) is 66.5 Å². The zero-order valence-electron chi connectivity index (χ0n) is 13.5. The van der Waals surface area contributed by atoms with Crippen LogP contribution >= 0.6 is 0 Å². The minimum Gasteiger partial charge on any atom is -0.379 e. The molecule has 3 rings (SSSR count). The van der Waals surface area contributed by atoms with E-state index in [-0.39, 0.29) is 12.1 Å². The molecule has 1 saturated heterocycles. The van der Waals surface area contributed by atoms with Crippen LogP contribution in [-0.4, -0.2) is 48.8 Å². The number of carbonyl (C=O) groups excluding carboxylic acids is 1. The third-order valence-corrected chi connectivity index (χ3v) is 3.96. The first-order valence-electron chi connectivity index (χ1n) is 8.15. The van der Waals surface area contributed by atoms with Crippen molar-refractivity contribution in [3.05, 3.63) is 60.3 Å². The molecular formula is C18H22N4O2. The number of nitrogens with one attached hydrogen (secondary N) is 2. The highest BCUT2D eigenvalue weighted by atomic mass is 16.5. The number of urea groups is 1. The van der Waals surface area contributed by atoms with E-state index in [2.05, 4.69) is 20.5 Å². The van der Waals surface area contributed by atoms with E-state index in [1.165, 1.54) is 0 Å². The second kappa shape index (κ2) is 8.42. The van der Waals surface area contributed by atoms with Gasteiger partial charge in [0.25, 0.3) is 0 Å². The van der Waals surface area contributed by atoms with Crippen molar-refractivity contribution in [2.24, 2.45) is 0 Å². The van der Waals surface area contributed by atoms with E-state index in [1.807, 2.05) is 42.5 Å². The smallest absolute Gasteiger partial charge is 0.320 e. The maximum absolute atomic E-state index is 12.3. The van der Waals surface area contributed by atoms with Gasteiger partial charge in [0.1, 0.15) is 5.82 Å². The molecule has 6 nitrogen and oxygen atoms in total. The van der Waals surface area contributed by atoms with E-state index in [4.69, 9.17) is 4.74 Å². The zero-order chi connectivity index (χ0) is 16.6. The Morgan fingerprint density at radius 3 is 2.58 bits per heavy atom. The molecule has 2 aromatic rings. The van der Waals surface area contributed by atoms with E-state index in [0.29, 0.717) is 5.82 Å². The number of carbonyl (C=O) groups is 1. The van der Waals surface area contributed by atoms with Gasteiger partial charge < -0.3 is 10.1 Å². The Kier molecular flexibility index (Phi) is 5.76. The molecule has 0 unspecified atom stereocenters. The van der Waals surface area contributed by atoms with Crippen molar-refractivity contribution in [1.29, 1.82) is 0 Å². The fraction of sp³-hybridized carbons (Fsp3) is 0.333. The minimum atomic E-state index is -0.254. The van der Waals surface area contributed by atoms with Crippen molar-refractivity contribution in [2.45, 2.75) is 6.04 Å². The van der Waals surface area contributed by atoms with Crippen LogP contribution in [0.2, 0.25) is 0 Å². The number of rotatable bonds is 5. The van der Waals surface area contributed by atoms with Gasteiger partial charge in [0.15, 0.2) is 0 Å². The summed E-state index contributed by atoms with van der Waals surface area (Å²) >= 11 is 0. The van der Waals surface area contributed by atoms with Gasteiger partial charge in [-0.2, -0.15) is 0 Å². The number of morpholine rings is 1. The number of hydrogen-bond donors (Lipinski definition) is 2. The van der Waals surface area contributed by atoms with Gasteiger partial charge in [-0.3, -0.25) is 10.2 Å². The van der Waals surface area contributed by atoms with Crippen molar-refractivity contribution in [2.75, 3.05) is 38.2 Å². The first-order chi connectivity index (χ1) is 11.8. The number of nitrogens with zero attached hydrogens (tertiary/aromatic N) is 2. The highest BCUT2D eigenvalue weighted by Gasteiger charge is 2.20. The van der Waals surface area contributed by atoms with Crippen LogP contribution in [0.15, 0.2) is 54.7 Å². The average molecular weight is 326 g/mol. The van der Waals surface area contributed by atoms with Crippen molar-refractivity contribution in [3.63, 3.8) is 0 Å². The lowest BCUT2D eigenvalue weighted by molar-refractivity contribution is 0.0340. The van der Waals surface area contributed by atoms with Gasteiger partial charge in [-0.25, -0.2) is 9.78 Å². The lowest BCUT2D eigenvalue weighted by atomic mass is 10.1. The summed E-state index contributed by atoms with van der Waals surface area (Å²) in [5, 5.41) is 5.83. The Morgan fingerprint density at radius 1 is 1.12 bits per heavy atom. The Morgan fingerprint density at radius 2 is 1.88 bits per heavy atom. The van der Waals surface area contributed by atoms with Gasteiger partial charge in [-0.05, 0) is 17.7 Å². The summed E-state index contributed by atoms with van der Waals surface area (Å²) in [6, 6.07) is 15.1. The van der Waals surface area contributed by atoms with Crippen molar-refractivity contribution >= 4 is 11.8 Å². The second-order valence-electron chi connectivity index (χ2n) is 5.69.